The van der Waals surface area contributed by atoms with E-state index < -0.39 is 5.91 Å². The van der Waals surface area contributed by atoms with Crippen molar-refractivity contribution in [1.82, 2.24) is 5.48 Å². The number of carbonyl (C=O) groups excluding carboxylic acids is 1. The molecule has 0 bridgehead atoms. The summed E-state index contributed by atoms with van der Waals surface area (Å²) >= 11 is 0. The molecule has 1 amide bonds. The molecule has 0 spiro atoms. The first kappa shape index (κ1) is 14.4. The third-order valence-corrected chi connectivity index (χ3v) is 3.69. The molecular formula is C17H18N2O3. The molecule has 0 saturated carbocycles. The van der Waals surface area contributed by atoms with Crippen LogP contribution in [0.5, 0.6) is 5.75 Å². The number of hydrogen-bond donors (Lipinski definition) is 2. The van der Waals surface area contributed by atoms with E-state index in [1.165, 1.54) is 5.56 Å². The van der Waals surface area contributed by atoms with E-state index in [2.05, 4.69) is 17.0 Å². The molecule has 5 heteroatoms. The van der Waals surface area contributed by atoms with Crippen LogP contribution in [0.15, 0.2) is 48.5 Å². The molecular weight excluding hydrogens is 280 g/mol. The quantitative estimate of drug-likeness (QED) is 0.675. The van der Waals surface area contributed by atoms with Crippen molar-refractivity contribution in [3.63, 3.8) is 0 Å². The standard InChI is InChI=1S/C17H18N2O3/c1-12-10-19(11-13-5-3-2-4-6-13)15-9-14(17(20)18-21)7-8-16(15)22-12/h2-9,12,21H,10-11H2,1H3,(H,18,20). The van der Waals surface area contributed by atoms with E-state index in [0.717, 1.165) is 24.5 Å². The number of benzene rings is 2. The molecule has 0 radical (unpaired) electrons. The second kappa shape index (κ2) is 6.07. The molecule has 1 heterocycles. The molecule has 2 N–H and O–H groups in total. The molecule has 0 aliphatic carbocycles. The maximum Gasteiger partial charge on any atom is 0.274 e. The third-order valence-electron chi connectivity index (χ3n) is 3.69. The fourth-order valence-corrected chi connectivity index (χ4v) is 2.69. The first-order chi connectivity index (χ1) is 10.7. The van der Waals surface area contributed by atoms with Gasteiger partial charge >= 0.3 is 0 Å². The summed E-state index contributed by atoms with van der Waals surface area (Å²) in [4.78, 5) is 13.8. The van der Waals surface area contributed by atoms with Crippen molar-refractivity contribution in [2.45, 2.75) is 19.6 Å². The van der Waals surface area contributed by atoms with Crippen molar-refractivity contribution in [1.29, 1.82) is 0 Å². The second-order valence-corrected chi connectivity index (χ2v) is 5.42. The minimum absolute atomic E-state index is 0.0775. The minimum atomic E-state index is -0.527. The van der Waals surface area contributed by atoms with Crippen LogP contribution < -0.4 is 15.1 Å². The Labute approximate surface area is 129 Å². The van der Waals surface area contributed by atoms with Crippen molar-refractivity contribution in [3.05, 3.63) is 59.7 Å². The van der Waals surface area contributed by atoms with Gasteiger partial charge in [0.05, 0.1) is 12.2 Å². The smallest absolute Gasteiger partial charge is 0.274 e. The summed E-state index contributed by atoms with van der Waals surface area (Å²) in [6.07, 6.45) is 0.0775. The van der Waals surface area contributed by atoms with E-state index in [-0.39, 0.29) is 6.10 Å². The molecule has 2 aromatic carbocycles. The van der Waals surface area contributed by atoms with Crippen LogP contribution in [0.1, 0.15) is 22.8 Å². The Hall–Kier alpha value is -2.53. The summed E-state index contributed by atoms with van der Waals surface area (Å²) in [5, 5.41) is 8.79. The van der Waals surface area contributed by atoms with Crippen molar-refractivity contribution < 1.29 is 14.7 Å². The molecule has 3 rings (SSSR count). The van der Waals surface area contributed by atoms with E-state index >= 15 is 0 Å². The molecule has 5 nitrogen and oxygen atoms in total. The normalized spacial score (nSPS) is 16.6. The van der Waals surface area contributed by atoms with E-state index in [4.69, 9.17) is 9.94 Å². The van der Waals surface area contributed by atoms with E-state index in [1.54, 1.807) is 23.7 Å². The SMILES string of the molecule is CC1CN(Cc2ccccc2)c2cc(C(=O)NO)ccc2O1. The number of ether oxygens (including phenoxy) is 1. The lowest BCUT2D eigenvalue weighted by Crippen LogP contribution is -2.38. The van der Waals surface area contributed by atoms with Crippen molar-refractivity contribution in [3.8, 4) is 5.75 Å². The summed E-state index contributed by atoms with van der Waals surface area (Å²) in [5.41, 5.74) is 4.12. The maximum absolute atomic E-state index is 11.6. The Morgan fingerprint density at radius 3 is 2.82 bits per heavy atom. The third kappa shape index (κ3) is 2.89. The molecule has 114 valence electrons. The van der Waals surface area contributed by atoms with Crippen LogP contribution in [-0.2, 0) is 6.54 Å². The van der Waals surface area contributed by atoms with Crippen LogP contribution in [0.2, 0.25) is 0 Å². The van der Waals surface area contributed by atoms with Crippen LogP contribution in [-0.4, -0.2) is 23.8 Å². The van der Waals surface area contributed by atoms with E-state index in [0.29, 0.717) is 5.56 Å². The molecule has 1 atom stereocenters. The van der Waals surface area contributed by atoms with Gasteiger partial charge < -0.3 is 9.64 Å². The van der Waals surface area contributed by atoms with Crippen LogP contribution in [0.25, 0.3) is 0 Å². The van der Waals surface area contributed by atoms with Crippen LogP contribution in [0, 0.1) is 0 Å². The number of fused-ring (bicyclic) bond motifs is 1. The summed E-state index contributed by atoms with van der Waals surface area (Å²) < 4.78 is 5.83. The topological polar surface area (TPSA) is 61.8 Å². The summed E-state index contributed by atoms with van der Waals surface area (Å²) in [7, 11) is 0. The molecule has 1 aliphatic rings. The second-order valence-electron chi connectivity index (χ2n) is 5.42. The highest BCUT2D eigenvalue weighted by Gasteiger charge is 2.24. The van der Waals surface area contributed by atoms with E-state index in [9.17, 15) is 4.79 Å². The Morgan fingerprint density at radius 2 is 2.09 bits per heavy atom. The highest BCUT2D eigenvalue weighted by molar-refractivity contribution is 5.95. The number of nitrogens with one attached hydrogen (secondary N) is 1. The summed E-state index contributed by atoms with van der Waals surface area (Å²) in [6, 6.07) is 15.3. The Bertz CT molecular complexity index is 673. The van der Waals surface area contributed by atoms with Gasteiger partial charge in [-0.05, 0) is 30.7 Å². The van der Waals surface area contributed by atoms with Gasteiger partial charge in [0.25, 0.3) is 5.91 Å². The molecule has 2 aromatic rings. The zero-order valence-corrected chi connectivity index (χ0v) is 12.3. The first-order valence-corrected chi connectivity index (χ1v) is 7.21. The monoisotopic (exact) mass is 298 g/mol. The van der Waals surface area contributed by atoms with Gasteiger partial charge in [0.1, 0.15) is 11.9 Å². The molecule has 0 aromatic heterocycles. The lowest BCUT2D eigenvalue weighted by molar-refractivity contribution is 0.0706. The molecule has 22 heavy (non-hydrogen) atoms. The molecule has 1 unspecified atom stereocenters. The fourth-order valence-electron chi connectivity index (χ4n) is 2.69. The lowest BCUT2D eigenvalue weighted by Gasteiger charge is -2.35. The van der Waals surface area contributed by atoms with Crippen LogP contribution in [0.4, 0.5) is 5.69 Å². The van der Waals surface area contributed by atoms with Gasteiger partial charge in [0.2, 0.25) is 0 Å². The number of amides is 1. The van der Waals surface area contributed by atoms with Gasteiger partial charge in [-0.2, -0.15) is 0 Å². The Morgan fingerprint density at radius 1 is 1.32 bits per heavy atom. The summed E-state index contributed by atoms with van der Waals surface area (Å²) in [6.45, 7) is 3.51. The minimum Gasteiger partial charge on any atom is -0.487 e. The van der Waals surface area contributed by atoms with Gasteiger partial charge in [-0.3, -0.25) is 10.0 Å². The maximum atomic E-state index is 11.6. The van der Waals surface area contributed by atoms with Crippen LogP contribution >= 0.6 is 0 Å². The van der Waals surface area contributed by atoms with Gasteiger partial charge in [-0.25, -0.2) is 5.48 Å². The predicted octanol–water partition coefficient (Wildman–Crippen LogP) is 2.59. The largest absolute Gasteiger partial charge is 0.487 e. The summed E-state index contributed by atoms with van der Waals surface area (Å²) in [5.74, 6) is 0.227. The molecule has 1 aliphatic heterocycles. The number of nitrogens with zero attached hydrogens (tertiary/aromatic N) is 1. The highest BCUT2D eigenvalue weighted by Crippen LogP contribution is 2.35. The Balaban J connectivity index is 1.94. The van der Waals surface area contributed by atoms with Crippen molar-refractivity contribution in [2.75, 3.05) is 11.4 Å². The Kier molecular flexibility index (Phi) is 3.98. The zero-order valence-electron chi connectivity index (χ0n) is 12.3. The average molecular weight is 298 g/mol. The van der Waals surface area contributed by atoms with Crippen molar-refractivity contribution >= 4 is 11.6 Å². The van der Waals surface area contributed by atoms with Crippen molar-refractivity contribution in [2.24, 2.45) is 0 Å². The molecule has 0 fully saturated rings. The van der Waals surface area contributed by atoms with Gasteiger partial charge in [0, 0.05) is 12.1 Å². The average Bonchev–Trinajstić information content (AvgIpc) is 2.54. The number of carbonyl (C=O) groups is 1. The molecule has 0 saturated heterocycles. The lowest BCUT2D eigenvalue weighted by atomic mass is 10.1. The van der Waals surface area contributed by atoms with Crippen LogP contribution in [0.3, 0.4) is 0 Å². The van der Waals surface area contributed by atoms with Gasteiger partial charge in [-0.1, -0.05) is 30.3 Å². The number of hydrogen-bond acceptors (Lipinski definition) is 4. The van der Waals surface area contributed by atoms with E-state index in [1.807, 2.05) is 25.1 Å². The first-order valence-electron chi connectivity index (χ1n) is 7.21. The zero-order chi connectivity index (χ0) is 15.5. The highest BCUT2D eigenvalue weighted by atomic mass is 16.5. The van der Waals surface area contributed by atoms with Gasteiger partial charge in [0.15, 0.2) is 0 Å². The number of anilines is 1. The number of rotatable bonds is 3. The fraction of sp³-hybridized carbons (Fsp3) is 0.235. The predicted molar refractivity (Wildman–Crippen MR) is 83.3 cm³/mol. The number of hydroxylamine groups is 1. The van der Waals surface area contributed by atoms with Gasteiger partial charge in [-0.15, -0.1) is 0 Å².